The molecule has 1 unspecified atom stereocenters. The van der Waals surface area contributed by atoms with Gasteiger partial charge in [-0.15, -0.1) is 0 Å². The lowest BCUT2D eigenvalue weighted by Gasteiger charge is -2.10. The van der Waals surface area contributed by atoms with Gasteiger partial charge in [-0.3, -0.25) is 0 Å². The van der Waals surface area contributed by atoms with Crippen LogP contribution in [0, 0.1) is 0 Å². The van der Waals surface area contributed by atoms with Crippen molar-refractivity contribution in [3.8, 4) is 0 Å². The van der Waals surface area contributed by atoms with Crippen molar-refractivity contribution in [3.05, 3.63) is 42.0 Å². The van der Waals surface area contributed by atoms with E-state index >= 15 is 0 Å². The van der Waals surface area contributed by atoms with Crippen molar-refractivity contribution in [3.63, 3.8) is 0 Å². The molecule has 0 N–H and O–H groups in total. The van der Waals surface area contributed by atoms with Crippen LogP contribution in [0.4, 0.5) is 0 Å². The third-order valence-corrected chi connectivity index (χ3v) is 4.66. The van der Waals surface area contributed by atoms with E-state index in [2.05, 4.69) is 13.0 Å². The molecule has 0 aliphatic rings. The van der Waals surface area contributed by atoms with Crippen LogP contribution in [0.15, 0.2) is 41.3 Å². The van der Waals surface area contributed by atoms with Crippen molar-refractivity contribution in [1.82, 2.24) is 0 Å². The molecule has 1 atom stereocenters. The van der Waals surface area contributed by atoms with E-state index in [4.69, 9.17) is 0 Å². The Morgan fingerprint density at radius 2 is 1.82 bits per heavy atom. The minimum absolute atomic E-state index is 0.153. The summed E-state index contributed by atoms with van der Waals surface area (Å²) in [5, 5.41) is 0. The zero-order valence-corrected chi connectivity index (χ0v) is 11.5. The highest BCUT2D eigenvalue weighted by Gasteiger charge is 2.11. The van der Waals surface area contributed by atoms with Gasteiger partial charge in [-0.2, -0.15) is 0 Å². The Hall–Kier alpha value is -1.09. The van der Waals surface area contributed by atoms with Gasteiger partial charge < -0.3 is 0 Å². The maximum absolute atomic E-state index is 11.6. The average molecular weight is 252 g/mol. The predicted octanol–water partition coefficient (Wildman–Crippen LogP) is 3.55. The largest absolute Gasteiger partial charge is 0.224 e. The van der Waals surface area contributed by atoms with Gasteiger partial charge in [0.05, 0.1) is 10.6 Å². The molecule has 1 aromatic rings. The smallest absolute Gasteiger partial charge is 0.178 e. The van der Waals surface area contributed by atoms with Gasteiger partial charge in [-0.1, -0.05) is 38.1 Å². The van der Waals surface area contributed by atoms with E-state index in [9.17, 15) is 8.42 Å². The minimum atomic E-state index is -3.07. The fraction of sp³-hybridized carbons (Fsp3) is 0.429. The first-order valence-corrected chi connectivity index (χ1v) is 7.60. The van der Waals surface area contributed by atoms with Crippen molar-refractivity contribution in [1.29, 1.82) is 0 Å². The highest BCUT2D eigenvalue weighted by atomic mass is 32.2. The van der Waals surface area contributed by atoms with E-state index in [1.165, 1.54) is 5.56 Å². The molecule has 2 nitrogen and oxygen atoms in total. The third-order valence-electron chi connectivity index (χ3n) is 2.91. The van der Waals surface area contributed by atoms with E-state index in [1.807, 2.05) is 25.1 Å². The normalized spacial score (nSPS) is 14.1. The second-order valence-corrected chi connectivity index (χ2v) is 6.46. The van der Waals surface area contributed by atoms with Gasteiger partial charge in [0.15, 0.2) is 9.84 Å². The van der Waals surface area contributed by atoms with E-state index < -0.39 is 9.84 Å². The van der Waals surface area contributed by atoms with Gasteiger partial charge >= 0.3 is 0 Å². The van der Waals surface area contributed by atoms with Crippen molar-refractivity contribution in [2.24, 2.45) is 0 Å². The number of allylic oxidation sites excluding steroid dienone is 2. The van der Waals surface area contributed by atoms with Crippen LogP contribution >= 0.6 is 0 Å². The Kier molecular flexibility index (Phi) is 4.94. The highest BCUT2D eigenvalue weighted by Crippen LogP contribution is 2.21. The van der Waals surface area contributed by atoms with Crippen molar-refractivity contribution in [2.45, 2.75) is 38.0 Å². The number of rotatable bonds is 5. The molecular weight excluding hydrogens is 232 g/mol. The lowest BCUT2D eigenvalue weighted by Crippen LogP contribution is -2.03. The zero-order valence-electron chi connectivity index (χ0n) is 10.7. The minimum Gasteiger partial charge on any atom is -0.224 e. The van der Waals surface area contributed by atoms with Gasteiger partial charge in [0.25, 0.3) is 0 Å². The van der Waals surface area contributed by atoms with Gasteiger partial charge in [0.1, 0.15) is 0 Å². The van der Waals surface area contributed by atoms with Crippen LogP contribution in [0.3, 0.4) is 0 Å². The van der Waals surface area contributed by atoms with E-state index in [1.54, 1.807) is 19.1 Å². The number of hydrogen-bond donors (Lipinski definition) is 0. The van der Waals surface area contributed by atoms with Gasteiger partial charge in [0, 0.05) is 0 Å². The summed E-state index contributed by atoms with van der Waals surface area (Å²) < 4.78 is 23.3. The summed E-state index contributed by atoms with van der Waals surface area (Å²) in [6.45, 7) is 5.81. The van der Waals surface area contributed by atoms with Crippen LogP contribution in [0.25, 0.3) is 0 Å². The zero-order chi connectivity index (χ0) is 12.9. The highest BCUT2D eigenvalue weighted by molar-refractivity contribution is 7.91. The SMILES string of the molecule is C/C=C\CC(C)c1ccc(S(=O)(=O)CC)cc1. The van der Waals surface area contributed by atoms with Crippen LogP contribution in [0.5, 0.6) is 0 Å². The fourth-order valence-electron chi connectivity index (χ4n) is 1.65. The van der Waals surface area contributed by atoms with Crippen molar-refractivity contribution in [2.75, 3.05) is 5.75 Å². The Bertz CT molecular complexity index is 469. The molecule has 17 heavy (non-hydrogen) atoms. The number of sulfone groups is 1. The first-order chi connectivity index (χ1) is 8.01. The summed E-state index contributed by atoms with van der Waals surface area (Å²) in [5.41, 5.74) is 1.18. The Balaban J connectivity index is 2.88. The van der Waals surface area contributed by atoms with Gasteiger partial charge in [0.2, 0.25) is 0 Å². The molecule has 1 rings (SSSR count). The first-order valence-electron chi connectivity index (χ1n) is 5.95. The first kappa shape index (κ1) is 14.0. The molecule has 0 saturated carbocycles. The Morgan fingerprint density at radius 1 is 1.24 bits per heavy atom. The molecule has 0 fully saturated rings. The van der Waals surface area contributed by atoms with Gasteiger partial charge in [-0.25, -0.2) is 8.42 Å². The maximum Gasteiger partial charge on any atom is 0.178 e. The summed E-state index contributed by atoms with van der Waals surface area (Å²) in [5.74, 6) is 0.574. The van der Waals surface area contributed by atoms with E-state index in [0.717, 1.165) is 6.42 Å². The van der Waals surface area contributed by atoms with Crippen LogP contribution < -0.4 is 0 Å². The van der Waals surface area contributed by atoms with Crippen LogP contribution in [-0.2, 0) is 9.84 Å². The molecule has 1 aromatic carbocycles. The number of benzene rings is 1. The van der Waals surface area contributed by atoms with E-state index in [-0.39, 0.29) is 5.75 Å². The Labute approximate surface area is 104 Å². The van der Waals surface area contributed by atoms with Crippen LogP contribution in [-0.4, -0.2) is 14.2 Å². The summed E-state index contributed by atoms with van der Waals surface area (Å²) in [7, 11) is -3.07. The maximum atomic E-state index is 11.6. The molecule has 0 aromatic heterocycles. The second kappa shape index (κ2) is 6.01. The lowest BCUT2D eigenvalue weighted by atomic mass is 9.98. The predicted molar refractivity (Wildman–Crippen MR) is 72.0 cm³/mol. The fourth-order valence-corrected chi connectivity index (χ4v) is 2.53. The van der Waals surface area contributed by atoms with E-state index in [0.29, 0.717) is 10.8 Å². The van der Waals surface area contributed by atoms with Crippen LogP contribution in [0.2, 0.25) is 0 Å². The third kappa shape index (κ3) is 3.70. The number of hydrogen-bond acceptors (Lipinski definition) is 2. The molecule has 0 radical (unpaired) electrons. The molecule has 0 aliphatic heterocycles. The Morgan fingerprint density at radius 3 is 2.29 bits per heavy atom. The molecule has 3 heteroatoms. The quantitative estimate of drug-likeness (QED) is 0.751. The molecule has 0 amide bonds. The summed E-state index contributed by atoms with van der Waals surface area (Å²) in [6, 6.07) is 7.24. The van der Waals surface area contributed by atoms with Crippen LogP contribution in [0.1, 0.15) is 38.7 Å². The summed E-state index contributed by atoms with van der Waals surface area (Å²) in [6.07, 6.45) is 5.14. The van der Waals surface area contributed by atoms with Crippen molar-refractivity contribution < 1.29 is 8.42 Å². The molecule has 94 valence electrons. The van der Waals surface area contributed by atoms with Crippen molar-refractivity contribution >= 4 is 9.84 Å². The molecular formula is C14H20O2S. The molecule has 0 bridgehead atoms. The van der Waals surface area contributed by atoms with Gasteiger partial charge in [-0.05, 0) is 37.0 Å². The monoisotopic (exact) mass is 252 g/mol. The molecule has 0 saturated heterocycles. The molecule has 0 aliphatic carbocycles. The summed E-state index contributed by atoms with van der Waals surface area (Å²) >= 11 is 0. The second-order valence-electron chi connectivity index (χ2n) is 4.18. The molecule has 0 heterocycles. The standard InChI is InChI=1S/C14H20O2S/c1-4-6-7-12(3)13-8-10-14(11-9-13)17(15,16)5-2/h4,6,8-12H,5,7H2,1-3H3/b6-4-. The topological polar surface area (TPSA) is 34.1 Å². The average Bonchev–Trinajstić information content (AvgIpc) is 2.36. The summed E-state index contributed by atoms with van der Waals surface area (Å²) in [4.78, 5) is 0.419. The molecule has 0 spiro atoms. The lowest BCUT2D eigenvalue weighted by molar-refractivity contribution is 0.597.